The molecule has 0 radical (unpaired) electrons. The lowest BCUT2D eigenvalue weighted by Gasteiger charge is -2.34. The van der Waals surface area contributed by atoms with Gasteiger partial charge in [0.05, 0.1) is 4.90 Å². The lowest BCUT2D eigenvalue weighted by molar-refractivity contribution is 0.0852. The second kappa shape index (κ2) is 8.57. The van der Waals surface area contributed by atoms with Gasteiger partial charge in [0.15, 0.2) is 0 Å². The quantitative estimate of drug-likeness (QED) is 0.647. The number of piperidine rings is 1. The van der Waals surface area contributed by atoms with E-state index in [1.54, 1.807) is 24.4 Å². The lowest BCUT2D eigenvalue weighted by atomic mass is 10.1. The molecule has 2 heterocycles. The first-order valence-electron chi connectivity index (χ1n) is 10.2. The van der Waals surface area contributed by atoms with Crippen molar-refractivity contribution in [2.24, 2.45) is 0 Å². The molecule has 0 saturated carbocycles. The summed E-state index contributed by atoms with van der Waals surface area (Å²) in [5.41, 5.74) is 0.601. The van der Waals surface area contributed by atoms with Gasteiger partial charge in [0, 0.05) is 30.7 Å². The van der Waals surface area contributed by atoms with Gasteiger partial charge in [-0.3, -0.25) is 0 Å². The van der Waals surface area contributed by atoms with Crippen LogP contribution < -0.4 is 9.46 Å². The molecule has 0 atom stereocenters. The second-order valence-corrected chi connectivity index (χ2v) is 9.44. The fraction of sp³-hybridized carbons (Fsp3) is 0.364. The fourth-order valence-corrected chi connectivity index (χ4v) is 4.61. The average molecular weight is 427 g/mol. The number of benzene rings is 2. The van der Waals surface area contributed by atoms with Gasteiger partial charge in [0.2, 0.25) is 5.95 Å². The number of aromatic nitrogens is 2. The van der Waals surface area contributed by atoms with E-state index in [2.05, 4.69) is 33.4 Å². The second-order valence-electron chi connectivity index (χ2n) is 7.75. The van der Waals surface area contributed by atoms with Crippen LogP contribution in [0.1, 0.15) is 26.7 Å². The molecule has 0 amide bonds. The summed E-state index contributed by atoms with van der Waals surface area (Å²) in [6.07, 6.45) is 3.63. The van der Waals surface area contributed by atoms with Crippen LogP contribution >= 0.6 is 0 Å². The van der Waals surface area contributed by atoms with Crippen LogP contribution in [0.4, 0.5) is 5.95 Å². The van der Waals surface area contributed by atoms with Crippen molar-refractivity contribution in [2.45, 2.75) is 43.7 Å². The predicted molar refractivity (Wildman–Crippen MR) is 117 cm³/mol. The average Bonchev–Trinajstić information content (AvgIpc) is 2.75. The Morgan fingerprint density at radius 1 is 1.07 bits per heavy atom. The molecule has 1 saturated heterocycles. The van der Waals surface area contributed by atoms with E-state index in [1.165, 1.54) is 12.1 Å². The minimum absolute atomic E-state index is 0.0250. The Labute approximate surface area is 177 Å². The maximum Gasteiger partial charge on any atom is 0.264 e. The first kappa shape index (κ1) is 20.6. The van der Waals surface area contributed by atoms with Gasteiger partial charge in [0.1, 0.15) is 17.4 Å². The molecule has 0 bridgehead atoms. The summed E-state index contributed by atoms with van der Waals surface area (Å²) in [5.74, 6) is 0.676. The summed E-state index contributed by atoms with van der Waals surface area (Å²) < 4.78 is 33.9. The highest BCUT2D eigenvalue weighted by atomic mass is 32.2. The zero-order chi connectivity index (χ0) is 21.1. The molecule has 1 aliphatic rings. The topological polar surface area (TPSA) is 84.4 Å². The molecule has 2 aromatic carbocycles. The van der Waals surface area contributed by atoms with Gasteiger partial charge in [0.25, 0.3) is 10.0 Å². The molecule has 8 heteroatoms. The van der Waals surface area contributed by atoms with E-state index >= 15 is 0 Å². The van der Waals surface area contributed by atoms with Crippen molar-refractivity contribution in [1.29, 1.82) is 0 Å². The molecular formula is C22H26N4O3S. The van der Waals surface area contributed by atoms with Crippen LogP contribution in [0.5, 0.6) is 5.75 Å². The smallest absolute Gasteiger partial charge is 0.264 e. The van der Waals surface area contributed by atoms with E-state index in [0.717, 1.165) is 31.3 Å². The van der Waals surface area contributed by atoms with Gasteiger partial charge in [-0.2, -0.15) is 0 Å². The van der Waals surface area contributed by atoms with Crippen molar-refractivity contribution in [1.82, 2.24) is 14.9 Å². The minimum Gasteiger partial charge on any atom is -0.488 e. The number of hydrogen-bond acceptors (Lipinski definition) is 6. The van der Waals surface area contributed by atoms with Gasteiger partial charge in [-0.15, -0.1) is 0 Å². The first-order chi connectivity index (χ1) is 14.4. The third kappa shape index (κ3) is 4.55. The molecular weight excluding hydrogens is 400 g/mol. The van der Waals surface area contributed by atoms with Gasteiger partial charge < -0.3 is 9.64 Å². The highest BCUT2D eigenvalue weighted by Crippen LogP contribution is 2.28. The van der Waals surface area contributed by atoms with Gasteiger partial charge >= 0.3 is 0 Å². The maximum absolute atomic E-state index is 12.6. The summed E-state index contributed by atoms with van der Waals surface area (Å²) in [6.45, 7) is 6.43. The maximum atomic E-state index is 12.6. The van der Waals surface area contributed by atoms with Gasteiger partial charge in [-0.1, -0.05) is 30.3 Å². The fourth-order valence-electron chi connectivity index (χ4n) is 3.64. The van der Waals surface area contributed by atoms with Crippen molar-refractivity contribution in [3.8, 4) is 5.75 Å². The van der Waals surface area contributed by atoms with E-state index in [4.69, 9.17) is 4.74 Å². The number of sulfonamides is 1. The van der Waals surface area contributed by atoms with Crippen LogP contribution in [0.3, 0.4) is 0 Å². The van der Waals surface area contributed by atoms with Crippen LogP contribution in [0.25, 0.3) is 10.9 Å². The molecule has 30 heavy (non-hydrogen) atoms. The molecule has 0 aliphatic carbocycles. The molecule has 1 aromatic heterocycles. The van der Waals surface area contributed by atoms with E-state index < -0.39 is 10.0 Å². The molecule has 0 spiro atoms. The van der Waals surface area contributed by atoms with E-state index in [9.17, 15) is 8.42 Å². The summed E-state index contributed by atoms with van der Waals surface area (Å²) in [7, 11) is -3.76. The van der Waals surface area contributed by atoms with Crippen LogP contribution in [-0.2, 0) is 10.0 Å². The van der Waals surface area contributed by atoms with Crippen LogP contribution in [0.2, 0.25) is 0 Å². The molecule has 7 nitrogen and oxygen atoms in total. The number of para-hydroxylation sites is 1. The zero-order valence-corrected chi connectivity index (χ0v) is 18.0. The van der Waals surface area contributed by atoms with E-state index in [1.807, 2.05) is 18.2 Å². The third-order valence-electron chi connectivity index (χ3n) is 5.35. The Hall–Kier alpha value is -2.71. The largest absolute Gasteiger partial charge is 0.488 e. The van der Waals surface area contributed by atoms with Crippen LogP contribution in [-0.4, -0.2) is 48.5 Å². The van der Waals surface area contributed by atoms with Crippen LogP contribution in [0, 0.1) is 0 Å². The van der Waals surface area contributed by atoms with E-state index in [0.29, 0.717) is 17.3 Å². The number of hydrogen-bond donors (Lipinski definition) is 1. The molecule has 1 aliphatic heterocycles. The third-order valence-corrected chi connectivity index (χ3v) is 6.70. The van der Waals surface area contributed by atoms with E-state index in [-0.39, 0.29) is 16.9 Å². The monoisotopic (exact) mass is 426 g/mol. The molecule has 158 valence electrons. The predicted octanol–water partition coefficient (Wildman–Crippen LogP) is 3.68. The molecule has 4 rings (SSSR count). The summed E-state index contributed by atoms with van der Waals surface area (Å²) >= 11 is 0. The number of ether oxygens (including phenoxy) is 1. The highest BCUT2D eigenvalue weighted by molar-refractivity contribution is 7.92. The van der Waals surface area contributed by atoms with Crippen molar-refractivity contribution in [3.63, 3.8) is 0 Å². The Morgan fingerprint density at radius 2 is 1.80 bits per heavy atom. The van der Waals surface area contributed by atoms with Gasteiger partial charge in [-0.05, 0) is 44.9 Å². The number of anilines is 1. The van der Waals surface area contributed by atoms with Crippen molar-refractivity contribution >= 4 is 26.9 Å². The number of likely N-dealkylation sites (tertiary alicyclic amines) is 1. The first-order valence-corrected chi connectivity index (χ1v) is 11.6. The molecule has 1 N–H and O–H groups in total. The van der Waals surface area contributed by atoms with Crippen molar-refractivity contribution in [2.75, 3.05) is 17.8 Å². The van der Waals surface area contributed by atoms with Crippen LogP contribution in [0.15, 0.2) is 59.6 Å². The Kier molecular flexibility index (Phi) is 5.87. The number of fused-ring (bicyclic) bond motifs is 1. The SMILES string of the molecule is CC(C)N1CCC(Oc2cccc3cnc(NS(=O)(=O)c4ccccc4)nc23)CC1. The minimum atomic E-state index is -3.76. The summed E-state index contributed by atoms with van der Waals surface area (Å²) in [5, 5.41) is 0.801. The normalized spacial score (nSPS) is 16.1. The number of nitrogens with zero attached hydrogens (tertiary/aromatic N) is 3. The van der Waals surface area contributed by atoms with Gasteiger partial charge in [-0.25, -0.2) is 23.1 Å². The Balaban J connectivity index is 1.56. The lowest BCUT2D eigenvalue weighted by Crippen LogP contribution is -2.41. The zero-order valence-electron chi connectivity index (χ0n) is 17.2. The Bertz CT molecular complexity index is 1110. The summed E-state index contributed by atoms with van der Waals surface area (Å²) in [4.78, 5) is 11.2. The molecule has 1 fully saturated rings. The molecule has 0 unspecified atom stereocenters. The summed E-state index contributed by atoms with van der Waals surface area (Å²) in [6, 6.07) is 14.4. The highest BCUT2D eigenvalue weighted by Gasteiger charge is 2.23. The van der Waals surface area contributed by atoms with Crippen molar-refractivity contribution in [3.05, 3.63) is 54.7 Å². The Morgan fingerprint density at radius 3 is 2.50 bits per heavy atom. The number of nitrogens with one attached hydrogen (secondary N) is 1. The number of rotatable bonds is 6. The standard InChI is InChI=1S/C22H26N4O3S/c1-16(2)26-13-11-18(12-14-26)29-20-10-6-7-17-15-23-22(24-21(17)20)25-30(27,28)19-8-4-3-5-9-19/h3-10,15-16,18H,11-14H2,1-2H3,(H,23,24,25). The van der Waals surface area contributed by atoms with Crippen molar-refractivity contribution < 1.29 is 13.2 Å². The molecule has 3 aromatic rings.